The quantitative estimate of drug-likeness (QED) is 0.693. The summed E-state index contributed by atoms with van der Waals surface area (Å²) in [4.78, 5) is 0. The lowest BCUT2D eigenvalue weighted by Crippen LogP contribution is -1.84. The summed E-state index contributed by atoms with van der Waals surface area (Å²) in [5, 5.41) is 0. The Labute approximate surface area is 92.5 Å². The summed E-state index contributed by atoms with van der Waals surface area (Å²) < 4.78 is 5.67. The molecule has 0 aliphatic carbocycles. The second kappa shape index (κ2) is 5.01. The van der Waals surface area contributed by atoms with E-state index < -0.39 is 0 Å². The zero-order valence-electron chi connectivity index (χ0n) is 10.3. The molecule has 1 aromatic heterocycles. The van der Waals surface area contributed by atoms with Gasteiger partial charge in [-0.2, -0.15) is 0 Å². The van der Waals surface area contributed by atoms with Crippen molar-refractivity contribution >= 4 is 11.6 Å². The predicted octanol–water partition coefficient (Wildman–Crippen LogP) is 4.74. The zero-order chi connectivity index (χ0) is 11.4. The van der Waals surface area contributed by atoms with E-state index in [1.165, 1.54) is 16.7 Å². The first-order valence-electron chi connectivity index (χ1n) is 5.51. The minimum absolute atomic E-state index is 1.00. The summed E-state index contributed by atoms with van der Waals surface area (Å²) in [5.41, 5.74) is 3.78. The van der Waals surface area contributed by atoms with Crippen molar-refractivity contribution in [1.82, 2.24) is 0 Å². The third-order valence-electron chi connectivity index (χ3n) is 2.54. The van der Waals surface area contributed by atoms with Crippen LogP contribution in [-0.4, -0.2) is 0 Å². The molecule has 0 aliphatic rings. The van der Waals surface area contributed by atoms with E-state index in [2.05, 4.69) is 32.1 Å². The fourth-order valence-corrected chi connectivity index (χ4v) is 1.97. The molecule has 1 nitrogen and oxygen atoms in total. The summed E-state index contributed by atoms with van der Waals surface area (Å²) in [6.07, 6.45) is 7.48. The van der Waals surface area contributed by atoms with E-state index in [0.717, 1.165) is 17.9 Å². The van der Waals surface area contributed by atoms with Gasteiger partial charge in [-0.3, -0.25) is 0 Å². The first-order valence-corrected chi connectivity index (χ1v) is 5.51. The Morgan fingerprint density at radius 1 is 1.27 bits per heavy atom. The second-order valence-corrected chi connectivity index (χ2v) is 3.80. The molecule has 15 heavy (non-hydrogen) atoms. The Bertz CT molecular complexity index is 392. The molecule has 0 aliphatic heterocycles. The molecule has 0 saturated carbocycles. The van der Waals surface area contributed by atoms with Gasteiger partial charge in [0.05, 0.1) is 0 Å². The fourth-order valence-electron chi connectivity index (χ4n) is 1.97. The molecule has 0 amide bonds. The van der Waals surface area contributed by atoms with Crippen LogP contribution in [0.1, 0.15) is 49.8 Å². The summed E-state index contributed by atoms with van der Waals surface area (Å²) in [7, 11) is 0. The normalized spacial score (nSPS) is 12.7. The highest BCUT2D eigenvalue weighted by molar-refractivity contribution is 5.75. The van der Waals surface area contributed by atoms with Gasteiger partial charge < -0.3 is 4.42 Å². The van der Waals surface area contributed by atoms with Crippen LogP contribution in [0.25, 0.3) is 11.6 Å². The van der Waals surface area contributed by atoms with E-state index >= 15 is 0 Å². The summed E-state index contributed by atoms with van der Waals surface area (Å²) in [6.45, 7) is 10.4. The molecular formula is C14H20O. The topological polar surface area (TPSA) is 13.1 Å². The van der Waals surface area contributed by atoms with Crippen LogP contribution >= 0.6 is 0 Å². The van der Waals surface area contributed by atoms with Crippen molar-refractivity contribution in [2.24, 2.45) is 0 Å². The number of hydrogen-bond acceptors (Lipinski definition) is 1. The fraction of sp³-hybridized carbons (Fsp3) is 0.429. The maximum atomic E-state index is 5.67. The van der Waals surface area contributed by atoms with E-state index in [-0.39, 0.29) is 0 Å². The van der Waals surface area contributed by atoms with Crippen LogP contribution in [0.5, 0.6) is 0 Å². The first-order chi connectivity index (χ1) is 7.11. The number of aryl methyl sites for hydroxylation is 2. The van der Waals surface area contributed by atoms with Gasteiger partial charge >= 0.3 is 0 Å². The molecule has 0 radical (unpaired) electrons. The molecule has 0 spiro atoms. The highest BCUT2D eigenvalue weighted by Gasteiger charge is 2.13. The van der Waals surface area contributed by atoms with Gasteiger partial charge in [0.15, 0.2) is 0 Å². The Balaban J connectivity index is 3.32. The SMILES string of the molecule is C/C=C\c1c(C)oc(C)c1/C(C)=C\CC. The van der Waals surface area contributed by atoms with Gasteiger partial charge in [0.1, 0.15) is 11.5 Å². The molecule has 1 rings (SSSR count). The van der Waals surface area contributed by atoms with Crippen LogP contribution in [0.15, 0.2) is 16.6 Å². The zero-order valence-corrected chi connectivity index (χ0v) is 10.3. The molecule has 0 saturated heterocycles. The minimum Gasteiger partial charge on any atom is -0.465 e. The molecule has 0 bridgehead atoms. The van der Waals surface area contributed by atoms with Crippen molar-refractivity contribution in [3.05, 3.63) is 34.8 Å². The van der Waals surface area contributed by atoms with E-state index in [1.54, 1.807) is 0 Å². The van der Waals surface area contributed by atoms with Crippen molar-refractivity contribution in [2.45, 2.75) is 41.0 Å². The Morgan fingerprint density at radius 2 is 1.93 bits per heavy atom. The summed E-state index contributed by atoms with van der Waals surface area (Å²) in [6, 6.07) is 0. The van der Waals surface area contributed by atoms with Crippen LogP contribution in [0, 0.1) is 13.8 Å². The minimum atomic E-state index is 1.00. The molecular weight excluding hydrogens is 184 g/mol. The maximum Gasteiger partial charge on any atom is 0.109 e. The molecule has 0 atom stereocenters. The Morgan fingerprint density at radius 3 is 2.47 bits per heavy atom. The van der Waals surface area contributed by atoms with E-state index in [1.807, 2.05) is 20.8 Å². The molecule has 82 valence electrons. The average molecular weight is 204 g/mol. The summed E-state index contributed by atoms with van der Waals surface area (Å²) in [5.74, 6) is 2.02. The van der Waals surface area contributed by atoms with Crippen molar-refractivity contribution in [3.8, 4) is 0 Å². The van der Waals surface area contributed by atoms with Gasteiger partial charge in [-0.15, -0.1) is 0 Å². The summed E-state index contributed by atoms with van der Waals surface area (Å²) >= 11 is 0. The highest BCUT2D eigenvalue weighted by atomic mass is 16.3. The van der Waals surface area contributed by atoms with Crippen LogP contribution in [0.2, 0.25) is 0 Å². The molecule has 0 aromatic carbocycles. The third kappa shape index (κ3) is 2.41. The Hall–Kier alpha value is -1.24. The van der Waals surface area contributed by atoms with E-state index in [4.69, 9.17) is 4.42 Å². The van der Waals surface area contributed by atoms with Crippen molar-refractivity contribution in [1.29, 1.82) is 0 Å². The van der Waals surface area contributed by atoms with Crippen LogP contribution < -0.4 is 0 Å². The van der Waals surface area contributed by atoms with Crippen LogP contribution in [-0.2, 0) is 0 Å². The number of hydrogen-bond donors (Lipinski definition) is 0. The maximum absolute atomic E-state index is 5.67. The lowest BCUT2D eigenvalue weighted by molar-refractivity contribution is 0.503. The van der Waals surface area contributed by atoms with Crippen molar-refractivity contribution in [2.75, 3.05) is 0 Å². The molecule has 0 fully saturated rings. The third-order valence-corrected chi connectivity index (χ3v) is 2.54. The smallest absolute Gasteiger partial charge is 0.109 e. The van der Waals surface area contributed by atoms with Gasteiger partial charge in [-0.05, 0) is 39.7 Å². The van der Waals surface area contributed by atoms with Crippen LogP contribution in [0.4, 0.5) is 0 Å². The molecule has 1 aromatic rings. The molecule has 1 heteroatoms. The predicted molar refractivity (Wildman–Crippen MR) is 66.8 cm³/mol. The number of furan rings is 1. The van der Waals surface area contributed by atoms with E-state index in [9.17, 15) is 0 Å². The highest BCUT2D eigenvalue weighted by Crippen LogP contribution is 2.29. The van der Waals surface area contributed by atoms with Crippen molar-refractivity contribution in [3.63, 3.8) is 0 Å². The molecule has 0 unspecified atom stereocenters. The lowest BCUT2D eigenvalue weighted by atomic mass is 10.0. The molecule has 1 heterocycles. The van der Waals surface area contributed by atoms with Gasteiger partial charge in [0.2, 0.25) is 0 Å². The first kappa shape index (κ1) is 11.8. The van der Waals surface area contributed by atoms with Crippen LogP contribution in [0.3, 0.4) is 0 Å². The molecule has 0 N–H and O–H groups in total. The van der Waals surface area contributed by atoms with Gasteiger partial charge in [-0.25, -0.2) is 0 Å². The number of allylic oxidation sites excluding steroid dienone is 3. The lowest BCUT2D eigenvalue weighted by Gasteiger charge is -2.01. The average Bonchev–Trinajstić information content (AvgIpc) is 2.43. The Kier molecular flexibility index (Phi) is 3.96. The standard InChI is InChI=1S/C14H20O/c1-6-8-10(3)14-12(5)15-11(4)13(14)9-7-2/h7-9H,6H2,1-5H3/b9-7-,10-8-. The van der Waals surface area contributed by atoms with E-state index in [0.29, 0.717) is 0 Å². The van der Waals surface area contributed by atoms with Crippen molar-refractivity contribution < 1.29 is 4.42 Å². The largest absolute Gasteiger partial charge is 0.465 e. The van der Waals surface area contributed by atoms with Gasteiger partial charge in [0.25, 0.3) is 0 Å². The second-order valence-electron chi connectivity index (χ2n) is 3.80. The number of rotatable bonds is 3. The monoisotopic (exact) mass is 204 g/mol. The van der Waals surface area contributed by atoms with Gasteiger partial charge in [0, 0.05) is 11.1 Å². The van der Waals surface area contributed by atoms with Gasteiger partial charge in [-0.1, -0.05) is 25.2 Å².